The molecule has 8 nitrogen and oxygen atoms in total. The molecule has 150 valence electrons. The summed E-state index contributed by atoms with van der Waals surface area (Å²) in [7, 11) is 0. The molecule has 0 saturated heterocycles. The molecular formula is C21H21N3O5. The monoisotopic (exact) mass is 395 g/mol. The smallest absolute Gasteiger partial charge is 0.329 e. The number of ether oxygens (including phenoxy) is 2. The van der Waals surface area contributed by atoms with Crippen molar-refractivity contribution in [1.29, 1.82) is 5.26 Å². The first-order valence-corrected chi connectivity index (χ1v) is 8.88. The minimum absolute atomic E-state index is 0.261. The summed E-state index contributed by atoms with van der Waals surface area (Å²) < 4.78 is 10.4. The molecule has 0 bridgehead atoms. The van der Waals surface area contributed by atoms with Crippen molar-refractivity contribution in [2.75, 3.05) is 11.9 Å². The number of anilines is 1. The van der Waals surface area contributed by atoms with Gasteiger partial charge in [-0.3, -0.25) is 9.59 Å². The molecule has 2 N–H and O–H groups in total. The highest BCUT2D eigenvalue weighted by molar-refractivity contribution is 5.96. The van der Waals surface area contributed by atoms with E-state index in [1.165, 1.54) is 13.8 Å². The fraction of sp³-hybridized carbons (Fsp3) is 0.238. The number of carbonyl (C=O) groups is 3. The summed E-state index contributed by atoms with van der Waals surface area (Å²) in [6, 6.07) is 16.2. The molecule has 2 aromatic rings. The molecule has 0 aliphatic carbocycles. The quantitative estimate of drug-likeness (QED) is 0.660. The summed E-state index contributed by atoms with van der Waals surface area (Å²) in [6.07, 6.45) is -1.12. The standard InChI is InChI=1S/C21H21N3O5/c1-14(23-19(25)13-28-17-9-4-3-5-10-17)21(27)29-15(2)20(26)24-18-11-7-6-8-16(18)12-22/h3-11,14-15H,13H2,1-2H3,(H,23,25)(H,24,26)/t14-,15+/m0/s1. The molecule has 2 amide bonds. The first-order chi connectivity index (χ1) is 13.9. The Bertz CT molecular complexity index is 908. The van der Waals surface area contributed by atoms with Crippen molar-refractivity contribution in [3.8, 4) is 11.8 Å². The number of amides is 2. The van der Waals surface area contributed by atoms with Crippen LogP contribution < -0.4 is 15.4 Å². The number of para-hydroxylation sites is 2. The molecule has 0 unspecified atom stereocenters. The zero-order valence-electron chi connectivity index (χ0n) is 16.0. The van der Waals surface area contributed by atoms with Crippen LogP contribution in [0.2, 0.25) is 0 Å². The Balaban J connectivity index is 1.81. The predicted octanol–water partition coefficient (Wildman–Crippen LogP) is 2.01. The first kappa shape index (κ1) is 21.4. The van der Waals surface area contributed by atoms with E-state index in [2.05, 4.69) is 10.6 Å². The number of rotatable bonds is 8. The fourth-order valence-corrected chi connectivity index (χ4v) is 2.26. The molecule has 0 aliphatic heterocycles. The highest BCUT2D eigenvalue weighted by atomic mass is 16.5. The van der Waals surface area contributed by atoms with Crippen molar-refractivity contribution in [3.05, 3.63) is 60.2 Å². The van der Waals surface area contributed by atoms with Gasteiger partial charge in [0, 0.05) is 0 Å². The Labute approximate surface area is 168 Å². The van der Waals surface area contributed by atoms with E-state index in [-0.39, 0.29) is 6.61 Å². The summed E-state index contributed by atoms with van der Waals surface area (Å²) in [4.78, 5) is 36.3. The number of carbonyl (C=O) groups excluding carboxylic acids is 3. The number of nitrogens with one attached hydrogen (secondary N) is 2. The molecule has 0 spiro atoms. The first-order valence-electron chi connectivity index (χ1n) is 8.88. The van der Waals surface area contributed by atoms with Gasteiger partial charge in [-0.15, -0.1) is 0 Å². The number of esters is 1. The Morgan fingerprint density at radius 2 is 1.69 bits per heavy atom. The van der Waals surface area contributed by atoms with Gasteiger partial charge >= 0.3 is 5.97 Å². The van der Waals surface area contributed by atoms with Gasteiger partial charge in [-0.25, -0.2) is 4.79 Å². The average Bonchev–Trinajstić information content (AvgIpc) is 2.73. The Morgan fingerprint density at radius 1 is 1.03 bits per heavy atom. The van der Waals surface area contributed by atoms with Gasteiger partial charge in [0.05, 0.1) is 11.3 Å². The Morgan fingerprint density at radius 3 is 2.38 bits per heavy atom. The Kier molecular flexibility index (Phi) is 7.74. The minimum Gasteiger partial charge on any atom is -0.484 e. The van der Waals surface area contributed by atoms with E-state index in [0.29, 0.717) is 17.0 Å². The van der Waals surface area contributed by atoms with Crippen LogP contribution in [-0.4, -0.2) is 36.5 Å². The van der Waals surface area contributed by atoms with Crippen molar-refractivity contribution in [2.45, 2.75) is 26.0 Å². The topological polar surface area (TPSA) is 118 Å². The second-order valence-corrected chi connectivity index (χ2v) is 6.12. The van der Waals surface area contributed by atoms with Gasteiger partial charge in [-0.2, -0.15) is 5.26 Å². The molecule has 0 heterocycles. The number of hydrogen-bond donors (Lipinski definition) is 2. The zero-order valence-corrected chi connectivity index (χ0v) is 16.0. The maximum atomic E-state index is 12.2. The highest BCUT2D eigenvalue weighted by Crippen LogP contribution is 2.14. The second kappa shape index (κ2) is 10.5. The summed E-state index contributed by atoms with van der Waals surface area (Å²) >= 11 is 0. The molecule has 0 aromatic heterocycles. The molecule has 2 rings (SSSR count). The van der Waals surface area contributed by atoms with Crippen molar-refractivity contribution in [2.24, 2.45) is 0 Å². The number of benzene rings is 2. The van der Waals surface area contributed by atoms with Crippen LogP contribution in [0, 0.1) is 11.3 Å². The van der Waals surface area contributed by atoms with E-state index in [1.54, 1.807) is 48.5 Å². The van der Waals surface area contributed by atoms with Crippen LogP contribution in [-0.2, 0) is 19.1 Å². The maximum Gasteiger partial charge on any atom is 0.329 e. The summed E-state index contributed by atoms with van der Waals surface area (Å²) in [6.45, 7) is 2.58. The van der Waals surface area contributed by atoms with Crippen LogP contribution in [0.25, 0.3) is 0 Å². The summed E-state index contributed by atoms with van der Waals surface area (Å²) in [5.41, 5.74) is 0.612. The van der Waals surface area contributed by atoms with Gasteiger partial charge in [0.2, 0.25) is 0 Å². The lowest BCUT2D eigenvalue weighted by atomic mass is 10.2. The summed E-state index contributed by atoms with van der Waals surface area (Å²) in [5, 5.41) is 14.0. The van der Waals surface area contributed by atoms with E-state index < -0.39 is 29.9 Å². The van der Waals surface area contributed by atoms with E-state index in [0.717, 1.165) is 0 Å². The molecule has 2 aromatic carbocycles. The third-order valence-electron chi connectivity index (χ3n) is 3.81. The third-order valence-corrected chi connectivity index (χ3v) is 3.81. The van der Waals surface area contributed by atoms with Crippen LogP contribution in [0.1, 0.15) is 19.4 Å². The third kappa shape index (κ3) is 6.66. The van der Waals surface area contributed by atoms with Crippen molar-refractivity contribution in [1.82, 2.24) is 5.32 Å². The fourth-order valence-electron chi connectivity index (χ4n) is 2.26. The number of nitriles is 1. The van der Waals surface area contributed by atoms with Crippen molar-refractivity contribution in [3.63, 3.8) is 0 Å². The molecule has 0 fully saturated rings. The van der Waals surface area contributed by atoms with Gasteiger partial charge in [0.15, 0.2) is 12.7 Å². The lowest BCUT2D eigenvalue weighted by Gasteiger charge is -2.18. The van der Waals surface area contributed by atoms with Crippen LogP contribution >= 0.6 is 0 Å². The van der Waals surface area contributed by atoms with Crippen LogP contribution in [0.4, 0.5) is 5.69 Å². The van der Waals surface area contributed by atoms with Crippen molar-refractivity contribution < 1.29 is 23.9 Å². The largest absolute Gasteiger partial charge is 0.484 e. The molecule has 2 atom stereocenters. The Hall–Kier alpha value is -3.86. The lowest BCUT2D eigenvalue weighted by molar-refractivity contribution is -0.155. The van der Waals surface area contributed by atoms with E-state index in [4.69, 9.17) is 14.7 Å². The van der Waals surface area contributed by atoms with E-state index in [9.17, 15) is 14.4 Å². The van der Waals surface area contributed by atoms with Crippen LogP contribution in [0.3, 0.4) is 0 Å². The van der Waals surface area contributed by atoms with Gasteiger partial charge in [-0.05, 0) is 38.1 Å². The maximum absolute atomic E-state index is 12.2. The van der Waals surface area contributed by atoms with Gasteiger partial charge in [-0.1, -0.05) is 30.3 Å². The normalized spacial score (nSPS) is 12.0. The molecule has 8 heteroatoms. The minimum atomic E-state index is -1.12. The lowest BCUT2D eigenvalue weighted by Crippen LogP contribution is -2.44. The highest BCUT2D eigenvalue weighted by Gasteiger charge is 2.23. The molecule has 0 saturated carbocycles. The second-order valence-electron chi connectivity index (χ2n) is 6.12. The van der Waals surface area contributed by atoms with Gasteiger partial charge in [0.1, 0.15) is 17.9 Å². The molecule has 0 aliphatic rings. The van der Waals surface area contributed by atoms with E-state index in [1.807, 2.05) is 12.1 Å². The van der Waals surface area contributed by atoms with E-state index >= 15 is 0 Å². The molecular weight excluding hydrogens is 374 g/mol. The van der Waals surface area contributed by atoms with Crippen molar-refractivity contribution >= 4 is 23.5 Å². The molecule has 29 heavy (non-hydrogen) atoms. The SMILES string of the molecule is C[C@H](NC(=O)COc1ccccc1)C(=O)O[C@H](C)C(=O)Nc1ccccc1C#N. The van der Waals surface area contributed by atoms with Gasteiger partial charge < -0.3 is 20.1 Å². The molecule has 0 radical (unpaired) electrons. The summed E-state index contributed by atoms with van der Waals surface area (Å²) in [5.74, 6) is -1.33. The predicted molar refractivity (Wildman–Crippen MR) is 105 cm³/mol. The van der Waals surface area contributed by atoms with Crippen LogP contribution in [0.5, 0.6) is 5.75 Å². The van der Waals surface area contributed by atoms with Crippen LogP contribution in [0.15, 0.2) is 54.6 Å². The van der Waals surface area contributed by atoms with Gasteiger partial charge in [0.25, 0.3) is 11.8 Å². The number of hydrogen-bond acceptors (Lipinski definition) is 6. The number of nitrogens with zero attached hydrogens (tertiary/aromatic N) is 1. The zero-order chi connectivity index (χ0) is 21.2. The average molecular weight is 395 g/mol.